The number of halogens is 1. The highest BCUT2D eigenvalue weighted by Gasteiger charge is 2.35. The molecule has 0 bridgehead atoms. The van der Waals surface area contributed by atoms with Crippen LogP contribution in [0.15, 0.2) is 54.7 Å². The topological polar surface area (TPSA) is 59.6 Å². The van der Waals surface area contributed by atoms with Crippen LogP contribution in [0.2, 0.25) is 5.02 Å². The number of Topliss-reactive ketones (excluding diaryl/α,β-unsaturated/α-hetero) is 1. The zero-order valence-corrected chi connectivity index (χ0v) is 16.6. The van der Waals surface area contributed by atoms with E-state index in [1.54, 1.807) is 6.20 Å². The van der Waals surface area contributed by atoms with Crippen LogP contribution in [0.4, 0.5) is 0 Å². The van der Waals surface area contributed by atoms with Gasteiger partial charge in [0.2, 0.25) is 0 Å². The van der Waals surface area contributed by atoms with Crippen LogP contribution in [0.5, 0.6) is 0 Å². The van der Waals surface area contributed by atoms with Crippen LogP contribution in [0.1, 0.15) is 22.0 Å². The summed E-state index contributed by atoms with van der Waals surface area (Å²) >= 11 is 6.06. The van der Waals surface area contributed by atoms with E-state index in [2.05, 4.69) is 21.8 Å². The normalized spacial score (nSPS) is 18.2. The van der Waals surface area contributed by atoms with Gasteiger partial charge in [-0.05, 0) is 30.8 Å². The van der Waals surface area contributed by atoms with Crippen LogP contribution in [0.3, 0.4) is 0 Å². The van der Waals surface area contributed by atoms with Gasteiger partial charge in [0.05, 0.1) is 6.04 Å². The molecule has 28 heavy (non-hydrogen) atoms. The maximum atomic E-state index is 13.3. The van der Waals surface area contributed by atoms with Crippen molar-refractivity contribution in [1.82, 2.24) is 14.8 Å². The molecule has 2 atom stereocenters. The second kappa shape index (κ2) is 8.05. The van der Waals surface area contributed by atoms with E-state index in [-0.39, 0.29) is 5.78 Å². The minimum Gasteiger partial charge on any atom is -0.383 e. The van der Waals surface area contributed by atoms with Crippen molar-refractivity contribution in [2.45, 2.75) is 12.1 Å². The number of hydrogen-bond donors (Lipinski definition) is 2. The van der Waals surface area contributed by atoms with Crippen molar-refractivity contribution >= 4 is 28.3 Å². The van der Waals surface area contributed by atoms with Gasteiger partial charge >= 0.3 is 0 Å². The third-order valence-electron chi connectivity index (χ3n) is 5.57. The first-order valence-electron chi connectivity index (χ1n) is 9.51. The second-order valence-electron chi connectivity index (χ2n) is 7.39. The lowest BCUT2D eigenvalue weighted by Crippen LogP contribution is -2.50. The predicted molar refractivity (Wildman–Crippen MR) is 112 cm³/mol. The molecule has 0 saturated carbocycles. The lowest BCUT2D eigenvalue weighted by atomic mass is 9.93. The van der Waals surface area contributed by atoms with Gasteiger partial charge in [0.15, 0.2) is 5.78 Å². The Morgan fingerprint density at radius 1 is 1.07 bits per heavy atom. The summed E-state index contributed by atoms with van der Waals surface area (Å²) in [5.41, 5.74) is 2.31. The number of piperazine rings is 1. The third-order valence-corrected chi connectivity index (χ3v) is 5.82. The molecule has 0 unspecified atom stereocenters. The number of carbonyl (C=O) groups is 1. The Labute approximate surface area is 169 Å². The molecule has 0 spiro atoms. The number of ketones is 1. The molecule has 1 fully saturated rings. The van der Waals surface area contributed by atoms with E-state index in [9.17, 15) is 9.90 Å². The van der Waals surface area contributed by atoms with Gasteiger partial charge in [-0.2, -0.15) is 0 Å². The summed E-state index contributed by atoms with van der Waals surface area (Å²) in [5.74, 6) is -0.267. The highest BCUT2D eigenvalue weighted by molar-refractivity contribution is 6.30. The molecular formula is C22H24ClN3O2. The highest BCUT2D eigenvalue weighted by Crippen LogP contribution is 2.30. The molecule has 0 amide bonds. The first-order valence-corrected chi connectivity index (χ1v) is 9.89. The van der Waals surface area contributed by atoms with Crippen molar-refractivity contribution in [2.75, 3.05) is 33.2 Å². The Morgan fingerprint density at radius 3 is 2.46 bits per heavy atom. The fourth-order valence-electron chi connectivity index (χ4n) is 3.93. The molecule has 1 aliphatic heterocycles. The minimum atomic E-state index is -1.16. The first kappa shape index (κ1) is 19.2. The Kier molecular flexibility index (Phi) is 5.51. The van der Waals surface area contributed by atoms with E-state index >= 15 is 0 Å². The van der Waals surface area contributed by atoms with Gasteiger partial charge in [-0.3, -0.25) is 9.69 Å². The maximum Gasteiger partial charge on any atom is 0.195 e. The molecule has 2 heterocycles. The molecule has 5 nitrogen and oxygen atoms in total. The highest BCUT2D eigenvalue weighted by atomic mass is 35.5. The van der Waals surface area contributed by atoms with E-state index in [0.717, 1.165) is 42.6 Å². The van der Waals surface area contributed by atoms with Gasteiger partial charge in [-0.25, -0.2) is 0 Å². The van der Waals surface area contributed by atoms with Gasteiger partial charge < -0.3 is 15.0 Å². The molecule has 146 valence electrons. The standard InChI is InChI=1S/C22H24ClN3O2/c1-25-10-12-26(13-11-25)20(15-6-8-16(23)9-7-15)22(28)21(27)18-14-24-19-5-3-2-4-17(18)19/h2-9,14,20,22,24,28H,10-13H2,1H3/t20-,22-/m0/s1. The molecule has 1 saturated heterocycles. The summed E-state index contributed by atoms with van der Waals surface area (Å²) in [6.07, 6.45) is 0.530. The van der Waals surface area contributed by atoms with Crippen molar-refractivity contribution in [1.29, 1.82) is 0 Å². The number of carbonyl (C=O) groups excluding carboxylic acids is 1. The number of likely N-dealkylation sites (N-methyl/N-ethyl adjacent to an activating group) is 1. The van der Waals surface area contributed by atoms with Crippen LogP contribution in [-0.2, 0) is 0 Å². The molecule has 4 rings (SSSR count). The Morgan fingerprint density at radius 2 is 1.75 bits per heavy atom. The summed E-state index contributed by atoms with van der Waals surface area (Å²) in [6.45, 7) is 3.39. The number of hydrogen-bond acceptors (Lipinski definition) is 4. The monoisotopic (exact) mass is 397 g/mol. The largest absolute Gasteiger partial charge is 0.383 e. The van der Waals surface area contributed by atoms with E-state index in [0.29, 0.717) is 10.6 Å². The van der Waals surface area contributed by atoms with Crippen molar-refractivity contribution in [2.24, 2.45) is 0 Å². The molecule has 1 aliphatic rings. The van der Waals surface area contributed by atoms with E-state index in [1.807, 2.05) is 48.5 Å². The van der Waals surface area contributed by atoms with Gasteiger partial charge in [-0.15, -0.1) is 0 Å². The van der Waals surface area contributed by atoms with Gasteiger partial charge in [0.1, 0.15) is 6.10 Å². The average molecular weight is 398 g/mol. The second-order valence-corrected chi connectivity index (χ2v) is 7.83. The number of aromatic amines is 1. The number of nitrogens with zero attached hydrogens (tertiary/aromatic N) is 2. The number of H-pyrrole nitrogens is 1. The molecule has 0 radical (unpaired) electrons. The molecule has 2 aromatic carbocycles. The van der Waals surface area contributed by atoms with Crippen molar-refractivity contribution in [3.8, 4) is 0 Å². The number of nitrogens with one attached hydrogen (secondary N) is 1. The molecule has 0 aliphatic carbocycles. The summed E-state index contributed by atoms with van der Waals surface area (Å²) in [4.78, 5) is 20.8. The van der Waals surface area contributed by atoms with Crippen LogP contribution in [-0.4, -0.2) is 65.0 Å². The fraction of sp³-hybridized carbons (Fsp3) is 0.318. The number of aliphatic hydroxyl groups excluding tert-OH is 1. The SMILES string of the molecule is CN1CCN([C@@H](c2ccc(Cl)cc2)[C@H](O)C(=O)c2c[nH]c3ccccc23)CC1. The van der Waals surface area contributed by atoms with Crippen LogP contribution in [0.25, 0.3) is 10.9 Å². The average Bonchev–Trinajstić information content (AvgIpc) is 3.14. The lowest BCUT2D eigenvalue weighted by Gasteiger charge is -2.39. The van der Waals surface area contributed by atoms with Crippen LogP contribution < -0.4 is 0 Å². The van der Waals surface area contributed by atoms with E-state index in [4.69, 9.17) is 11.6 Å². The summed E-state index contributed by atoms with van der Waals surface area (Å²) in [6, 6.07) is 14.7. The Bertz CT molecular complexity index is 961. The lowest BCUT2D eigenvalue weighted by molar-refractivity contribution is 0.0227. The predicted octanol–water partition coefficient (Wildman–Crippen LogP) is 3.35. The molecule has 1 aromatic heterocycles. The number of aliphatic hydroxyl groups is 1. The molecular weight excluding hydrogens is 374 g/mol. The molecule has 6 heteroatoms. The van der Waals surface area contributed by atoms with Gasteiger partial charge in [0.25, 0.3) is 0 Å². The zero-order valence-electron chi connectivity index (χ0n) is 15.8. The number of benzene rings is 2. The van der Waals surface area contributed by atoms with Crippen LogP contribution >= 0.6 is 11.6 Å². The van der Waals surface area contributed by atoms with Gasteiger partial charge in [-0.1, -0.05) is 41.9 Å². The maximum absolute atomic E-state index is 13.3. The van der Waals surface area contributed by atoms with Crippen molar-refractivity contribution in [3.63, 3.8) is 0 Å². The quantitative estimate of drug-likeness (QED) is 0.648. The summed E-state index contributed by atoms with van der Waals surface area (Å²) in [7, 11) is 2.09. The minimum absolute atomic E-state index is 0.267. The first-order chi connectivity index (χ1) is 13.5. The molecule has 2 N–H and O–H groups in total. The number of para-hydroxylation sites is 1. The Balaban J connectivity index is 1.68. The van der Waals surface area contributed by atoms with Crippen molar-refractivity contribution < 1.29 is 9.90 Å². The third kappa shape index (κ3) is 3.71. The fourth-order valence-corrected chi connectivity index (χ4v) is 4.06. The summed E-state index contributed by atoms with van der Waals surface area (Å²) in [5, 5.41) is 12.7. The van der Waals surface area contributed by atoms with Crippen LogP contribution in [0, 0.1) is 0 Å². The van der Waals surface area contributed by atoms with Crippen molar-refractivity contribution in [3.05, 3.63) is 70.9 Å². The van der Waals surface area contributed by atoms with E-state index in [1.165, 1.54) is 0 Å². The zero-order chi connectivity index (χ0) is 19.7. The Hall–Kier alpha value is -2.18. The number of fused-ring (bicyclic) bond motifs is 1. The molecule has 3 aromatic rings. The smallest absolute Gasteiger partial charge is 0.195 e. The van der Waals surface area contributed by atoms with Gasteiger partial charge in [0, 0.05) is 53.9 Å². The summed E-state index contributed by atoms with van der Waals surface area (Å²) < 4.78 is 0. The number of rotatable bonds is 5. The van der Waals surface area contributed by atoms with E-state index < -0.39 is 12.1 Å². The number of aromatic nitrogens is 1.